The molecule has 0 aliphatic carbocycles. The van der Waals surface area contributed by atoms with Gasteiger partial charge in [-0.1, -0.05) is 26.2 Å². The van der Waals surface area contributed by atoms with Gasteiger partial charge in [-0.15, -0.1) is 0 Å². The maximum absolute atomic E-state index is 11.0. The van der Waals surface area contributed by atoms with Crippen molar-refractivity contribution in [3.8, 4) is 0 Å². The minimum absolute atomic E-state index is 0.0197. The Labute approximate surface area is 79.5 Å². The summed E-state index contributed by atoms with van der Waals surface area (Å²) in [6, 6.07) is 0. The van der Waals surface area contributed by atoms with E-state index in [0.717, 1.165) is 19.3 Å². The van der Waals surface area contributed by atoms with Crippen LogP contribution in [-0.2, 0) is 14.3 Å². The van der Waals surface area contributed by atoms with Crippen LogP contribution in [0, 0.1) is 0 Å². The Morgan fingerprint density at radius 3 is 2.38 bits per heavy atom. The number of hydrogen-bond acceptors (Lipinski definition) is 3. The first-order chi connectivity index (χ1) is 6.16. The average molecular weight is 186 g/mol. The Hall–Kier alpha value is -0.860. The Balaban J connectivity index is 3.25. The van der Waals surface area contributed by atoms with E-state index in [2.05, 4.69) is 11.7 Å². The maximum Gasteiger partial charge on any atom is 0.303 e. The molecule has 0 rings (SSSR count). The van der Waals surface area contributed by atoms with Crippen LogP contribution < -0.4 is 0 Å². The largest absolute Gasteiger partial charge is 0.458 e. The molecule has 0 bridgehead atoms. The molecule has 0 atom stereocenters. The van der Waals surface area contributed by atoms with Gasteiger partial charge in [-0.05, 0) is 6.42 Å². The van der Waals surface area contributed by atoms with Gasteiger partial charge in [0.05, 0.1) is 0 Å². The van der Waals surface area contributed by atoms with Crippen molar-refractivity contribution in [2.24, 2.45) is 0 Å². The van der Waals surface area contributed by atoms with Gasteiger partial charge in [0.2, 0.25) is 0 Å². The van der Waals surface area contributed by atoms with Crippen molar-refractivity contribution in [3.63, 3.8) is 0 Å². The van der Waals surface area contributed by atoms with Crippen molar-refractivity contribution >= 4 is 11.8 Å². The molecule has 0 aromatic heterocycles. The number of carbonyl (C=O) groups excluding carboxylic acids is 2. The van der Waals surface area contributed by atoms with Crippen LogP contribution in [0.2, 0.25) is 0 Å². The van der Waals surface area contributed by atoms with E-state index in [1.165, 1.54) is 13.3 Å². The normalized spacial score (nSPS) is 9.69. The zero-order valence-electron chi connectivity index (χ0n) is 8.47. The minimum Gasteiger partial charge on any atom is -0.458 e. The molecule has 0 N–H and O–H groups in total. The van der Waals surface area contributed by atoms with Gasteiger partial charge >= 0.3 is 5.97 Å². The standard InChI is InChI=1S/C10H18O3/c1-3-4-5-6-7-10(12)8-13-9(2)11/h3-8H2,1-2H3. The molecule has 0 aromatic rings. The maximum atomic E-state index is 11.0. The third-order valence-electron chi connectivity index (χ3n) is 1.75. The molecule has 13 heavy (non-hydrogen) atoms. The number of ether oxygens (including phenoxy) is 1. The summed E-state index contributed by atoms with van der Waals surface area (Å²) in [5.74, 6) is -0.367. The Morgan fingerprint density at radius 1 is 1.15 bits per heavy atom. The zero-order valence-corrected chi connectivity index (χ0v) is 8.47. The smallest absolute Gasteiger partial charge is 0.303 e. The lowest BCUT2D eigenvalue weighted by Crippen LogP contribution is -2.11. The molecule has 76 valence electrons. The van der Waals surface area contributed by atoms with E-state index in [1.807, 2.05) is 0 Å². The van der Waals surface area contributed by atoms with Gasteiger partial charge in [0, 0.05) is 13.3 Å². The van der Waals surface area contributed by atoms with Gasteiger partial charge in [-0.3, -0.25) is 9.59 Å². The van der Waals surface area contributed by atoms with Gasteiger partial charge in [-0.2, -0.15) is 0 Å². The van der Waals surface area contributed by atoms with Crippen LogP contribution >= 0.6 is 0 Å². The lowest BCUT2D eigenvalue weighted by Gasteiger charge is -2.00. The molecule has 0 unspecified atom stereocenters. The number of Topliss-reactive ketones (excluding diaryl/α,β-unsaturated/α-hetero) is 1. The van der Waals surface area contributed by atoms with Gasteiger partial charge in [0.15, 0.2) is 5.78 Å². The molecule has 0 saturated heterocycles. The highest BCUT2D eigenvalue weighted by Gasteiger charge is 2.03. The summed E-state index contributed by atoms with van der Waals surface area (Å²) in [7, 11) is 0. The molecule has 3 nitrogen and oxygen atoms in total. The highest BCUT2D eigenvalue weighted by Crippen LogP contribution is 2.02. The van der Waals surface area contributed by atoms with Gasteiger partial charge < -0.3 is 4.74 Å². The Kier molecular flexibility index (Phi) is 7.26. The molecular weight excluding hydrogens is 168 g/mol. The fourth-order valence-corrected chi connectivity index (χ4v) is 1.00. The van der Waals surface area contributed by atoms with Crippen LogP contribution in [0.25, 0.3) is 0 Å². The van der Waals surface area contributed by atoms with E-state index in [-0.39, 0.29) is 18.4 Å². The number of carbonyl (C=O) groups is 2. The second-order valence-electron chi connectivity index (χ2n) is 3.13. The number of unbranched alkanes of at least 4 members (excludes halogenated alkanes) is 3. The second kappa shape index (κ2) is 7.77. The predicted octanol–water partition coefficient (Wildman–Crippen LogP) is 2.09. The van der Waals surface area contributed by atoms with Gasteiger partial charge in [-0.25, -0.2) is 0 Å². The van der Waals surface area contributed by atoms with Crippen LogP contribution in [0.3, 0.4) is 0 Å². The molecule has 3 heteroatoms. The van der Waals surface area contributed by atoms with Crippen LogP contribution in [-0.4, -0.2) is 18.4 Å². The first-order valence-electron chi connectivity index (χ1n) is 4.82. The first kappa shape index (κ1) is 12.1. The summed E-state index contributed by atoms with van der Waals surface area (Å²) in [4.78, 5) is 21.4. The Morgan fingerprint density at radius 2 is 1.85 bits per heavy atom. The van der Waals surface area contributed by atoms with E-state index in [0.29, 0.717) is 6.42 Å². The summed E-state index contributed by atoms with van der Waals surface area (Å²) in [5.41, 5.74) is 0. The third-order valence-corrected chi connectivity index (χ3v) is 1.75. The second-order valence-corrected chi connectivity index (χ2v) is 3.13. The van der Waals surface area contributed by atoms with E-state index in [9.17, 15) is 9.59 Å². The highest BCUT2D eigenvalue weighted by molar-refractivity contribution is 5.81. The van der Waals surface area contributed by atoms with E-state index in [4.69, 9.17) is 0 Å². The molecule has 0 fully saturated rings. The zero-order chi connectivity index (χ0) is 10.1. The topological polar surface area (TPSA) is 43.4 Å². The summed E-state index contributed by atoms with van der Waals surface area (Å²) in [6.45, 7) is 3.38. The van der Waals surface area contributed by atoms with Crippen molar-refractivity contribution in [3.05, 3.63) is 0 Å². The van der Waals surface area contributed by atoms with E-state index in [1.54, 1.807) is 0 Å². The highest BCUT2D eigenvalue weighted by atomic mass is 16.5. The van der Waals surface area contributed by atoms with Gasteiger partial charge in [0.1, 0.15) is 6.61 Å². The SMILES string of the molecule is CCCCCCC(=O)COC(C)=O. The lowest BCUT2D eigenvalue weighted by molar-refractivity contribution is -0.145. The van der Waals surface area contributed by atoms with E-state index >= 15 is 0 Å². The fourth-order valence-electron chi connectivity index (χ4n) is 1.00. The predicted molar refractivity (Wildman–Crippen MR) is 50.4 cm³/mol. The van der Waals surface area contributed by atoms with Crippen molar-refractivity contribution in [1.29, 1.82) is 0 Å². The average Bonchev–Trinajstić information content (AvgIpc) is 2.09. The van der Waals surface area contributed by atoms with Crippen molar-refractivity contribution in [2.75, 3.05) is 6.61 Å². The van der Waals surface area contributed by atoms with Crippen molar-refractivity contribution in [2.45, 2.75) is 46.0 Å². The van der Waals surface area contributed by atoms with Crippen molar-refractivity contribution in [1.82, 2.24) is 0 Å². The quantitative estimate of drug-likeness (QED) is 0.451. The first-order valence-corrected chi connectivity index (χ1v) is 4.82. The summed E-state index contributed by atoms with van der Waals surface area (Å²) in [6.07, 6.45) is 4.86. The minimum atomic E-state index is -0.387. The summed E-state index contributed by atoms with van der Waals surface area (Å²) >= 11 is 0. The molecule has 0 amide bonds. The van der Waals surface area contributed by atoms with Crippen LogP contribution in [0.1, 0.15) is 46.0 Å². The molecule has 0 radical (unpaired) electrons. The summed E-state index contributed by atoms with van der Waals surface area (Å²) in [5, 5.41) is 0. The molecule has 0 aliphatic rings. The van der Waals surface area contributed by atoms with Crippen molar-refractivity contribution < 1.29 is 14.3 Å². The van der Waals surface area contributed by atoms with Crippen LogP contribution in [0.5, 0.6) is 0 Å². The molecule has 0 heterocycles. The van der Waals surface area contributed by atoms with E-state index < -0.39 is 0 Å². The third kappa shape index (κ3) is 9.05. The fraction of sp³-hybridized carbons (Fsp3) is 0.800. The summed E-state index contributed by atoms with van der Waals surface area (Å²) < 4.78 is 4.57. The Bertz CT molecular complexity index is 164. The van der Waals surface area contributed by atoms with Gasteiger partial charge in [0.25, 0.3) is 0 Å². The monoisotopic (exact) mass is 186 g/mol. The molecule has 0 aliphatic heterocycles. The number of rotatable bonds is 7. The molecule has 0 aromatic carbocycles. The molecular formula is C10H18O3. The number of esters is 1. The van der Waals surface area contributed by atoms with Crippen LogP contribution in [0.4, 0.5) is 0 Å². The molecule has 0 saturated carbocycles. The molecule has 0 spiro atoms. The lowest BCUT2D eigenvalue weighted by atomic mass is 10.1. The van der Waals surface area contributed by atoms with Crippen LogP contribution in [0.15, 0.2) is 0 Å². The number of ketones is 1. The number of hydrogen-bond donors (Lipinski definition) is 0.